The molecule has 0 fully saturated rings. The third-order valence-electron chi connectivity index (χ3n) is 6.45. The van der Waals surface area contributed by atoms with Crippen molar-refractivity contribution in [2.45, 2.75) is 45.1 Å². The molecule has 0 spiro atoms. The minimum Gasteiger partial charge on any atom is -1.00 e. The van der Waals surface area contributed by atoms with Crippen molar-refractivity contribution in [1.29, 1.82) is 0 Å². The molecular weight excluding hydrogens is 549 g/mol. The summed E-state index contributed by atoms with van der Waals surface area (Å²) in [6, 6.07) is 19.7. The fourth-order valence-electron chi connectivity index (χ4n) is 4.52. The Morgan fingerprint density at radius 1 is 0.941 bits per heavy atom. The van der Waals surface area contributed by atoms with Gasteiger partial charge in [-0.05, 0) is 69.2 Å². The van der Waals surface area contributed by atoms with Crippen LogP contribution in [0.3, 0.4) is 0 Å². The number of pyridine rings is 1. The summed E-state index contributed by atoms with van der Waals surface area (Å²) in [6.45, 7) is 12.2. The van der Waals surface area contributed by atoms with Gasteiger partial charge in [0, 0.05) is 23.6 Å². The Kier molecular flexibility index (Phi) is 10.5. The molecule has 1 aliphatic heterocycles. The van der Waals surface area contributed by atoms with Gasteiger partial charge in [-0.3, -0.25) is 0 Å². The largest absolute Gasteiger partial charge is 1.00 e. The van der Waals surface area contributed by atoms with E-state index < -0.39 is 0 Å². The van der Waals surface area contributed by atoms with Gasteiger partial charge in [-0.2, -0.15) is 4.57 Å². The van der Waals surface area contributed by atoms with Crippen LogP contribution in [0, 0.1) is 0 Å². The van der Waals surface area contributed by atoms with Gasteiger partial charge in [-0.1, -0.05) is 62.0 Å². The maximum Gasteiger partial charge on any atom is 0.213 e. The average Bonchev–Trinajstić information content (AvgIpc) is 3.21. The highest BCUT2D eigenvalue weighted by Gasteiger charge is 2.23. The zero-order valence-corrected chi connectivity index (χ0v) is 23.6. The number of benzene rings is 2. The molecule has 2 aromatic carbocycles. The van der Waals surface area contributed by atoms with Crippen LogP contribution in [-0.2, 0) is 6.54 Å². The molecule has 1 aliphatic rings. The maximum atomic E-state index is 2.51. The summed E-state index contributed by atoms with van der Waals surface area (Å²) < 4.78 is 2.30. The monoisotopic (exact) mass is 585 g/mol. The summed E-state index contributed by atoms with van der Waals surface area (Å²) in [4.78, 5) is 6.37. The second kappa shape index (κ2) is 13.3. The number of fused-ring (bicyclic) bond motifs is 2. The normalized spacial score (nSPS) is 14.4. The third-order valence-corrected chi connectivity index (χ3v) is 7.58. The number of halogens is 1. The van der Waals surface area contributed by atoms with E-state index in [4.69, 9.17) is 0 Å². The van der Waals surface area contributed by atoms with E-state index in [1.807, 2.05) is 11.8 Å². The molecule has 0 bridgehead atoms. The molecule has 5 heteroatoms. The standard InChI is InChI=1S/C29H36N3S.HI/c1-4-30(5-2)21-11-12-22-32-27-17-9-10-18-28(27)33-29(32)19-13-14-24-20-23-31(6-3)26-16-8-7-15-25(24)26;/h7-10,13-20,23H,4-6,11-12,21-22H2,1-3H3;1H/q+1;/p-1. The third kappa shape index (κ3) is 6.23. The van der Waals surface area contributed by atoms with E-state index in [1.54, 1.807) is 0 Å². The fraction of sp³-hybridized carbons (Fsp3) is 0.345. The minimum atomic E-state index is 0. The van der Waals surface area contributed by atoms with Crippen molar-refractivity contribution in [2.75, 3.05) is 31.1 Å². The van der Waals surface area contributed by atoms with Crippen LogP contribution in [0.4, 0.5) is 5.69 Å². The van der Waals surface area contributed by atoms with Gasteiger partial charge >= 0.3 is 0 Å². The summed E-state index contributed by atoms with van der Waals surface area (Å²) in [5, 5.41) is 2.62. The molecule has 3 nitrogen and oxygen atoms in total. The van der Waals surface area contributed by atoms with E-state index in [2.05, 4.69) is 114 Å². The number of allylic oxidation sites excluding steroid dienone is 2. The first-order valence-corrected chi connectivity index (χ1v) is 13.1. The Hall–Kier alpha value is -1.83. The highest BCUT2D eigenvalue weighted by atomic mass is 127. The van der Waals surface area contributed by atoms with Gasteiger partial charge in [0.2, 0.25) is 5.52 Å². The molecule has 3 aromatic rings. The molecule has 0 saturated carbocycles. The van der Waals surface area contributed by atoms with Crippen LogP contribution in [0.1, 0.15) is 39.2 Å². The number of aryl methyl sites for hydroxylation is 1. The number of rotatable bonds is 10. The van der Waals surface area contributed by atoms with E-state index in [-0.39, 0.29) is 24.0 Å². The minimum absolute atomic E-state index is 0. The van der Waals surface area contributed by atoms with Crippen molar-refractivity contribution in [1.82, 2.24) is 4.90 Å². The van der Waals surface area contributed by atoms with Gasteiger partial charge in [-0.15, -0.1) is 0 Å². The van der Waals surface area contributed by atoms with Crippen molar-refractivity contribution in [3.05, 3.63) is 83.5 Å². The van der Waals surface area contributed by atoms with Crippen molar-refractivity contribution < 1.29 is 28.5 Å². The highest BCUT2D eigenvalue weighted by molar-refractivity contribution is 8.03. The first kappa shape index (κ1) is 26.8. The Morgan fingerprint density at radius 2 is 1.71 bits per heavy atom. The first-order chi connectivity index (χ1) is 16.2. The second-order valence-corrected chi connectivity index (χ2v) is 9.46. The molecular formula is C29H36IN3S. The lowest BCUT2D eigenvalue weighted by atomic mass is 10.1. The molecule has 0 unspecified atom stereocenters. The summed E-state index contributed by atoms with van der Waals surface area (Å²) in [7, 11) is 0. The number of thioether (sulfide) groups is 1. The SMILES string of the molecule is CCN(CC)CCCCN1/C(=C/C=C/c2cc[n+](CC)c3ccccc23)Sc2ccccc21.[I-]. The zero-order valence-electron chi connectivity index (χ0n) is 20.6. The topological polar surface area (TPSA) is 10.4 Å². The zero-order chi connectivity index (χ0) is 23.0. The smallest absolute Gasteiger partial charge is 0.213 e. The molecule has 180 valence electrons. The summed E-state index contributed by atoms with van der Waals surface area (Å²) in [6.07, 6.45) is 11.4. The Bertz CT molecular complexity index is 1140. The van der Waals surface area contributed by atoms with Gasteiger partial charge < -0.3 is 33.8 Å². The van der Waals surface area contributed by atoms with Gasteiger partial charge in [0.05, 0.1) is 16.1 Å². The van der Waals surface area contributed by atoms with E-state index >= 15 is 0 Å². The number of aromatic nitrogens is 1. The van der Waals surface area contributed by atoms with Crippen LogP contribution in [0.2, 0.25) is 0 Å². The van der Waals surface area contributed by atoms with Crippen LogP contribution in [0.25, 0.3) is 17.0 Å². The van der Waals surface area contributed by atoms with E-state index in [9.17, 15) is 0 Å². The lowest BCUT2D eigenvalue weighted by Gasteiger charge is -2.22. The number of para-hydroxylation sites is 2. The Morgan fingerprint density at radius 3 is 2.50 bits per heavy atom. The number of nitrogens with zero attached hydrogens (tertiary/aromatic N) is 3. The molecule has 4 rings (SSSR count). The van der Waals surface area contributed by atoms with Crippen molar-refractivity contribution in [3.8, 4) is 0 Å². The highest BCUT2D eigenvalue weighted by Crippen LogP contribution is 2.45. The molecule has 0 saturated heterocycles. The van der Waals surface area contributed by atoms with E-state index in [0.717, 1.165) is 26.2 Å². The maximum absolute atomic E-state index is 2.51. The van der Waals surface area contributed by atoms with Crippen molar-refractivity contribution in [3.63, 3.8) is 0 Å². The molecule has 1 aromatic heterocycles. The fourth-order valence-corrected chi connectivity index (χ4v) is 5.62. The summed E-state index contributed by atoms with van der Waals surface area (Å²) >= 11 is 1.88. The number of unbranched alkanes of at least 4 members (excludes halogenated alkanes) is 1. The predicted octanol–water partition coefficient (Wildman–Crippen LogP) is 3.74. The van der Waals surface area contributed by atoms with Crippen LogP contribution >= 0.6 is 11.8 Å². The summed E-state index contributed by atoms with van der Waals surface area (Å²) in [5.74, 6) is 0. The van der Waals surface area contributed by atoms with Gasteiger partial charge in [0.25, 0.3) is 0 Å². The lowest BCUT2D eigenvalue weighted by molar-refractivity contribution is -0.667. The number of hydrogen-bond donors (Lipinski definition) is 0. The number of anilines is 1. The van der Waals surface area contributed by atoms with E-state index in [0.29, 0.717) is 0 Å². The van der Waals surface area contributed by atoms with Crippen LogP contribution in [0.15, 0.2) is 82.9 Å². The van der Waals surface area contributed by atoms with Gasteiger partial charge in [-0.25, -0.2) is 0 Å². The van der Waals surface area contributed by atoms with Crippen LogP contribution in [0.5, 0.6) is 0 Å². The van der Waals surface area contributed by atoms with Gasteiger partial charge in [0.15, 0.2) is 6.20 Å². The van der Waals surface area contributed by atoms with Crippen LogP contribution < -0.4 is 33.4 Å². The Labute approximate surface area is 226 Å². The second-order valence-electron chi connectivity index (χ2n) is 8.39. The molecule has 0 N–H and O–H groups in total. The Balaban J connectivity index is 0.00000324. The number of hydrogen-bond acceptors (Lipinski definition) is 3. The quantitative estimate of drug-likeness (QED) is 0.204. The molecule has 0 atom stereocenters. The van der Waals surface area contributed by atoms with Crippen LogP contribution in [-0.4, -0.2) is 31.1 Å². The molecule has 2 heterocycles. The molecule has 34 heavy (non-hydrogen) atoms. The predicted molar refractivity (Wildman–Crippen MR) is 144 cm³/mol. The van der Waals surface area contributed by atoms with E-state index in [1.165, 1.54) is 51.5 Å². The summed E-state index contributed by atoms with van der Waals surface area (Å²) in [5.41, 5.74) is 3.89. The first-order valence-electron chi connectivity index (χ1n) is 12.3. The lowest BCUT2D eigenvalue weighted by Crippen LogP contribution is -3.00. The molecule has 0 amide bonds. The van der Waals surface area contributed by atoms with Gasteiger partial charge in [0.1, 0.15) is 6.54 Å². The molecule has 0 aliphatic carbocycles. The average molecular weight is 586 g/mol. The molecule has 0 radical (unpaired) electrons. The van der Waals surface area contributed by atoms with Crippen molar-refractivity contribution in [2.24, 2.45) is 0 Å². The van der Waals surface area contributed by atoms with Crippen molar-refractivity contribution >= 4 is 34.4 Å².